The number of aromatic nitrogens is 1. The molecule has 1 saturated heterocycles. The third kappa shape index (κ3) is 5.72. The van der Waals surface area contributed by atoms with Crippen LogP contribution in [0.2, 0.25) is 10.2 Å². The van der Waals surface area contributed by atoms with Crippen LogP contribution < -0.4 is 9.47 Å². The summed E-state index contributed by atoms with van der Waals surface area (Å²) in [5.41, 5.74) is 3.02. The summed E-state index contributed by atoms with van der Waals surface area (Å²) >= 11 is 13.1. The number of para-hydroxylation sites is 1. The molecule has 0 saturated carbocycles. The fourth-order valence-electron chi connectivity index (χ4n) is 5.42. The predicted molar refractivity (Wildman–Crippen MR) is 151 cm³/mol. The van der Waals surface area contributed by atoms with E-state index >= 15 is 0 Å². The molecule has 3 aromatic rings. The highest BCUT2D eigenvalue weighted by atomic mass is 35.5. The summed E-state index contributed by atoms with van der Waals surface area (Å²) in [5, 5.41) is 10.0. The Morgan fingerprint density at radius 1 is 1.05 bits per heavy atom. The molecular formula is C29H29Cl2N3O7. The number of piperazine rings is 1. The second-order valence-corrected chi connectivity index (χ2v) is 10.6. The number of aliphatic carboxylic acids is 1. The molecule has 2 amide bonds. The number of methoxy groups -OCH3 is 2. The molecule has 2 atom stereocenters. The van der Waals surface area contributed by atoms with Crippen molar-refractivity contribution in [3.05, 3.63) is 75.5 Å². The normalized spacial score (nSPS) is 18.4. The number of nitrogens with zero attached hydrogens (tertiary/aromatic N) is 3. The minimum atomic E-state index is -1.09. The Morgan fingerprint density at radius 2 is 1.85 bits per heavy atom. The molecule has 0 radical (unpaired) electrons. The molecule has 216 valence electrons. The Bertz CT molecular complexity index is 1490. The number of carboxylic acid groups (broad SMARTS) is 1. The third-order valence-electron chi connectivity index (χ3n) is 7.34. The van der Waals surface area contributed by atoms with Crippen LogP contribution in [0.15, 0.2) is 48.5 Å². The maximum atomic E-state index is 13.2. The molecule has 1 N–H and O–H groups in total. The fourth-order valence-corrected chi connectivity index (χ4v) is 5.85. The van der Waals surface area contributed by atoms with Crippen molar-refractivity contribution in [2.24, 2.45) is 0 Å². The van der Waals surface area contributed by atoms with Crippen LogP contribution in [0.3, 0.4) is 0 Å². The van der Waals surface area contributed by atoms with Crippen LogP contribution in [0.4, 0.5) is 0 Å². The highest BCUT2D eigenvalue weighted by Gasteiger charge is 2.35. The van der Waals surface area contributed by atoms with E-state index in [2.05, 4.69) is 0 Å². The number of hydrogen-bond acceptors (Lipinski definition) is 6. The van der Waals surface area contributed by atoms with Gasteiger partial charge in [-0.3, -0.25) is 14.4 Å². The standard InChI is InChI=1S/C29H29Cl2N3O7/c1-39-23-5-3-4-18(29(23)40-2)28-19-14-17(30)6-7-20(19)34-21(8-10-24(34)31)22(41-28)9-11-25(35)32-12-13-33(16-27(37)38)26(36)15-32/h3-8,10,14,22,28H,9,11-13,15-16H2,1-2H3,(H,37,38)/t22-,28-/m1/s1. The van der Waals surface area contributed by atoms with E-state index in [1.807, 2.05) is 34.9 Å². The smallest absolute Gasteiger partial charge is 0.323 e. The van der Waals surface area contributed by atoms with Crippen molar-refractivity contribution >= 4 is 41.0 Å². The summed E-state index contributed by atoms with van der Waals surface area (Å²) in [5.74, 6) is -0.652. The average Bonchev–Trinajstić information content (AvgIpc) is 3.27. The summed E-state index contributed by atoms with van der Waals surface area (Å²) < 4.78 is 20.0. The van der Waals surface area contributed by atoms with Gasteiger partial charge in [-0.1, -0.05) is 35.3 Å². The van der Waals surface area contributed by atoms with E-state index in [0.717, 1.165) is 16.9 Å². The van der Waals surface area contributed by atoms with Crippen molar-refractivity contribution in [2.75, 3.05) is 40.4 Å². The van der Waals surface area contributed by atoms with Crippen molar-refractivity contribution in [3.8, 4) is 17.2 Å². The van der Waals surface area contributed by atoms with Gasteiger partial charge in [-0.05, 0) is 42.8 Å². The van der Waals surface area contributed by atoms with Gasteiger partial charge < -0.3 is 33.7 Å². The van der Waals surface area contributed by atoms with Crippen LogP contribution >= 0.6 is 23.2 Å². The lowest BCUT2D eigenvalue weighted by Gasteiger charge is -2.33. The summed E-state index contributed by atoms with van der Waals surface area (Å²) in [7, 11) is 3.12. The zero-order chi connectivity index (χ0) is 29.3. The molecule has 41 heavy (non-hydrogen) atoms. The van der Waals surface area contributed by atoms with Gasteiger partial charge in [0.25, 0.3) is 0 Å². The minimum Gasteiger partial charge on any atom is -0.493 e. The first-order chi connectivity index (χ1) is 19.7. The van der Waals surface area contributed by atoms with Gasteiger partial charge >= 0.3 is 5.97 Å². The van der Waals surface area contributed by atoms with Gasteiger partial charge in [0, 0.05) is 35.7 Å². The quantitative estimate of drug-likeness (QED) is 0.405. The lowest BCUT2D eigenvalue weighted by atomic mass is 9.98. The van der Waals surface area contributed by atoms with Gasteiger partial charge in [0.1, 0.15) is 17.8 Å². The molecule has 12 heteroatoms. The average molecular weight is 602 g/mol. The summed E-state index contributed by atoms with van der Waals surface area (Å²) in [6.45, 7) is -0.107. The molecule has 0 bridgehead atoms. The largest absolute Gasteiger partial charge is 0.493 e. The Kier molecular flexibility index (Phi) is 8.44. The second-order valence-electron chi connectivity index (χ2n) is 9.77. The lowest BCUT2D eigenvalue weighted by Crippen LogP contribution is -2.53. The van der Waals surface area contributed by atoms with Gasteiger partial charge in [-0.25, -0.2) is 0 Å². The van der Waals surface area contributed by atoms with Gasteiger partial charge in [-0.2, -0.15) is 0 Å². The Hall–Kier alpha value is -3.73. The number of fused-ring (bicyclic) bond motifs is 3. The number of benzene rings is 2. The second kappa shape index (κ2) is 12.0. The van der Waals surface area contributed by atoms with Gasteiger partial charge in [-0.15, -0.1) is 0 Å². The molecule has 0 aliphatic carbocycles. The highest BCUT2D eigenvalue weighted by molar-refractivity contribution is 6.31. The zero-order valence-electron chi connectivity index (χ0n) is 22.5. The Balaban J connectivity index is 1.46. The van der Waals surface area contributed by atoms with Crippen LogP contribution in [0.1, 0.15) is 41.9 Å². The number of carboxylic acids is 1. The molecule has 3 heterocycles. The molecule has 1 fully saturated rings. The van der Waals surface area contributed by atoms with E-state index in [9.17, 15) is 14.4 Å². The van der Waals surface area contributed by atoms with Crippen molar-refractivity contribution < 1.29 is 33.7 Å². The highest BCUT2D eigenvalue weighted by Crippen LogP contribution is 2.47. The van der Waals surface area contributed by atoms with Gasteiger partial charge in [0.15, 0.2) is 11.5 Å². The Morgan fingerprint density at radius 3 is 2.56 bits per heavy atom. The predicted octanol–water partition coefficient (Wildman–Crippen LogP) is 4.50. The first-order valence-electron chi connectivity index (χ1n) is 13.0. The molecule has 1 aromatic heterocycles. The van der Waals surface area contributed by atoms with Crippen molar-refractivity contribution in [3.63, 3.8) is 0 Å². The molecule has 2 aromatic carbocycles. The molecule has 2 aliphatic rings. The number of carbonyl (C=O) groups is 3. The zero-order valence-corrected chi connectivity index (χ0v) is 24.0. The van der Waals surface area contributed by atoms with E-state index < -0.39 is 24.1 Å². The lowest BCUT2D eigenvalue weighted by molar-refractivity contribution is -0.150. The number of rotatable bonds is 8. The van der Waals surface area contributed by atoms with E-state index in [0.29, 0.717) is 33.7 Å². The topological polar surface area (TPSA) is 111 Å². The maximum absolute atomic E-state index is 13.2. The number of halogens is 2. The number of amides is 2. The van der Waals surface area contributed by atoms with Crippen LogP contribution in [0.5, 0.6) is 11.5 Å². The SMILES string of the molecule is COc1cccc([C@H]2O[C@H](CCC(=O)N3CCN(CC(=O)O)C(=O)C3)c3ccc(Cl)n3-c3ccc(Cl)cc32)c1OC. The van der Waals surface area contributed by atoms with Crippen LogP contribution in [0, 0.1) is 0 Å². The maximum Gasteiger partial charge on any atom is 0.323 e. The van der Waals surface area contributed by atoms with Crippen molar-refractivity contribution in [2.45, 2.75) is 25.0 Å². The van der Waals surface area contributed by atoms with E-state index in [1.165, 1.54) is 9.80 Å². The summed E-state index contributed by atoms with van der Waals surface area (Å²) in [4.78, 5) is 39.4. The van der Waals surface area contributed by atoms with E-state index in [-0.39, 0.29) is 38.5 Å². The number of ether oxygens (including phenoxy) is 3. The number of carbonyl (C=O) groups excluding carboxylic acids is 2. The van der Waals surface area contributed by atoms with E-state index in [1.54, 1.807) is 32.4 Å². The van der Waals surface area contributed by atoms with Crippen molar-refractivity contribution in [1.29, 1.82) is 0 Å². The first-order valence-corrected chi connectivity index (χ1v) is 13.8. The van der Waals surface area contributed by atoms with E-state index in [4.69, 9.17) is 42.5 Å². The fraction of sp³-hybridized carbons (Fsp3) is 0.345. The van der Waals surface area contributed by atoms with Crippen LogP contribution in [-0.2, 0) is 19.1 Å². The molecule has 0 spiro atoms. The molecular weight excluding hydrogens is 573 g/mol. The minimum absolute atomic E-state index is 0.0960. The Labute approximate surface area is 246 Å². The van der Waals surface area contributed by atoms with Gasteiger partial charge in [0.2, 0.25) is 11.8 Å². The third-order valence-corrected chi connectivity index (χ3v) is 7.87. The molecule has 0 unspecified atom stereocenters. The molecule has 10 nitrogen and oxygen atoms in total. The summed E-state index contributed by atoms with van der Waals surface area (Å²) in [6, 6.07) is 14.7. The molecule has 5 rings (SSSR count). The van der Waals surface area contributed by atoms with Gasteiger partial charge in [0.05, 0.1) is 38.2 Å². The van der Waals surface area contributed by atoms with Crippen LogP contribution in [-0.4, -0.2) is 77.7 Å². The monoisotopic (exact) mass is 601 g/mol. The number of hydrogen-bond donors (Lipinski definition) is 1. The molecule has 2 aliphatic heterocycles. The summed E-state index contributed by atoms with van der Waals surface area (Å²) in [6.07, 6.45) is -0.820. The van der Waals surface area contributed by atoms with Crippen molar-refractivity contribution in [1.82, 2.24) is 14.4 Å². The van der Waals surface area contributed by atoms with Crippen LogP contribution in [0.25, 0.3) is 5.69 Å². The first kappa shape index (κ1) is 28.8.